The molecule has 1 saturated heterocycles. The van der Waals surface area contributed by atoms with Crippen molar-refractivity contribution in [2.75, 3.05) is 0 Å². The van der Waals surface area contributed by atoms with Gasteiger partial charge in [-0.3, -0.25) is 0 Å². The normalized spacial score (nSPS) is 44.7. The van der Waals surface area contributed by atoms with Crippen molar-refractivity contribution >= 4 is 7.14 Å². The zero-order chi connectivity index (χ0) is 20.7. The summed E-state index contributed by atoms with van der Waals surface area (Å²) in [5, 5.41) is 11.7. The second-order valence-corrected chi connectivity index (χ2v) is 14.3. The molecule has 5 rings (SSSR count). The van der Waals surface area contributed by atoms with Crippen LogP contribution in [0.25, 0.3) is 0 Å². The maximum Gasteiger partial charge on any atom is 0.108 e. The van der Waals surface area contributed by atoms with E-state index in [1.54, 1.807) is 0 Å². The molecule has 154 valence electrons. The molecule has 0 spiro atoms. The Morgan fingerprint density at radius 2 is 1.52 bits per heavy atom. The quantitative estimate of drug-likeness (QED) is 0.589. The largest absolute Gasteiger partial charge is 0.389 e. The van der Waals surface area contributed by atoms with Crippen molar-refractivity contribution in [1.29, 1.82) is 0 Å². The van der Waals surface area contributed by atoms with Crippen LogP contribution in [0.3, 0.4) is 0 Å². The molecule has 1 heterocycles. The second-order valence-electron chi connectivity index (χ2n) is 10.9. The molecule has 7 atom stereocenters. The van der Waals surface area contributed by atoms with Crippen LogP contribution >= 0.6 is 7.14 Å². The monoisotopic (exact) mass is 408 g/mol. The van der Waals surface area contributed by atoms with Crippen molar-refractivity contribution in [2.24, 2.45) is 23.2 Å². The Morgan fingerprint density at radius 1 is 0.931 bits per heavy atom. The van der Waals surface area contributed by atoms with E-state index in [0.29, 0.717) is 23.4 Å². The number of hydrogen-bond donors (Lipinski definition) is 1. The van der Waals surface area contributed by atoms with Crippen molar-refractivity contribution in [1.82, 2.24) is 0 Å². The van der Waals surface area contributed by atoms with Gasteiger partial charge >= 0.3 is 0 Å². The van der Waals surface area contributed by atoms with Gasteiger partial charge in [0.05, 0.1) is 11.3 Å². The van der Waals surface area contributed by atoms with Gasteiger partial charge < -0.3 is 9.67 Å². The Morgan fingerprint density at radius 3 is 2.14 bits per heavy atom. The summed E-state index contributed by atoms with van der Waals surface area (Å²) in [6.45, 7) is 8.95. The Balaban J connectivity index is 1.68. The first kappa shape index (κ1) is 19.6. The van der Waals surface area contributed by atoms with Gasteiger partial charge in [0.25, 0.3) is 0 Å². The Kier molecular flexibility index (Phi) is 4.11. The SMILES string of the molecule is CC1(C)[C@@H]2C[C@H]3[C@@](C)(O)[C@H](c4ccccc4)[P@@](=O)(Cc4ccccc4)[C@]3(C)C[C@H]21. The summed E-state index contributed by atoms with van der Waals surface area (Å²) < 4.78 is 15.2. The lowest BCUT2D eigenvalue weighted by Gasteiger charge is -2.42. The van der Waals surface area contributed by atoms with Crippen molar-refractivity contribution in [2.45, 2.75) is 63.1 Å². The van der Waals surface area contributed by atoms with E-state index < -0.39 is 12.7 Å². The summed E-state index contributed by atoms with van der Waals surface area (Å²) in [6, 6.07) is 20.5. The number of aliphatic hydroxyl groups is 1. The lowest BCUT2D eigenvalue weighted by atomic mass is 9.69. The minimum atomic E-state index is -2.81. The highest BCUT2D eigenvalue weighted by atomic mass is 31.2. The van der Waals surface area contributed by atoms with E-state index in [2.05, 4.69) is 45.0 Å². The molecule has 2 saturated carbocycles. The van der Waals surface area contributed by atoms with E-state index in [0.717, 1.165) is 24.0 Å². The molecular formula is C26H33O2P. The summed E-state index contributed by atoms with van der Waals surface area (Å²) in [5.41, 5.74) is 1.24. The molecule has 0 aromatic heterocycles. The van der Waals surface area contributed by atoms with Crippen LogP contribution in [0, 0.1) is 23.2 Å². The van der Waals surface area contributed by atoms with Crippen molar-refractivity contribution in [3.8, 4) is 0 Å². The molecule has 2 aromatic rings. The summed E-state index contributed by atoms with van der Waals surface area (Å²) >= 11 is 0. The predicted octanol–water partition coefficient (Wildman–Crippen LogP) is 6.50. The van der Waals surface area contributed by atoms with E-state index in [9.17, 15) is 5.11 Å². The van der Waals surface area contributed by atoms with Crippen LogP contribution < -0.4 is 0 Å². The molecule has 1 N–H and O–H groups in total. The maximum absolute atomic E-state index is 15.2. The van der Waals surface area contributed by atoms with Gasteiger partial charge in [-0.05, 0) is 48.1 Å². The van der Waals surface area contributed by atoms with Gasteiger partial charge in [0.1, 0.15) is 7.14 Å². The standard InChI is InChI=1S/C26H33O2P/c1-24(2)20-15-22-25(3,16-21(20)24)29(28,17-18-11-7-5-8-12-18)23(26(22,4)27)19-13-9-6-10-14-19/h5-14,20-23,27H,15-17H2,1-4H3/t20-,21-,22-,23+,25-,26-,29+/m1/s1. The number of hydrogen-bond acceptors (Lipinski definition) is 2. The molecule has 2 nitrogen and oxygen atoms in total. The van der Waals surface area contributed by atoms with E-state index in [4.69, 9.17) is 0 Å². The molecule has 0 unspecified atom stereocenters. The fraction of sp³-hybridized carbons (Fsp3) is 0.538. The zero-order valence-corrected chi connectivity index (χ0v) is 18.9. The van der Waals surface area contributed by atoms with Gasteiger partial charge in [0.15, 0.2) is 0 Å². The first-order valence-electron chi connectivity index (χ1n) is 11.0. The third-order valence-corrected chi connectivity index (χ3v) is 13.8. The molecule has 0 amide bonds. The van der Waals surface area contributed by atoms with Crippen LogP contribution in [0.15, 0.2) is 60.7 Å². The van der Waals surface area contributed by atoms with Gasteiger partial charge in [-0.2, -0.15) is 0 Å². The average Bonchev–Trinajstić information content (AvgIpc) is 3.16. The average molecular weight is 409 g/mol. The van der Waals surface area contributed by atoms with Crippen molar-refractivity contribution in [3.63, 3.8) is 0 Å². The summed E-state index contributed by atoms with van der Waals surface area (Å²) in [5.74, 6) is 1.38. The minimum absolute atomic E-state index is 0.0813. The summed E-state index contributed by atoms with van der Waals surface area (Å²) in [4.78, 5) is 0. The molecule has 3 heteroatoms. The molecule has 1 aliphatic heterocycles. The minimum Gasteiger partial charge on any atom is -0.389 e. The third kappa shape index (κ3) is 2.55. The van der Waals surface area contributed by atoms with Gasteiger partial charge in [-0.1, -0.05) is 81.4 Å². The predicted molar refractivity (Wildman–Crippen MR) is 119 cm³/mol. The van der Waals surface area contributed by atoms with E-state index in [1.165, 1.54) is 0 Å². The van der Waals surface area contributed by atoms with Crippen LogP contribution in [0.1, 0.15) is 57.3 Å². The van der Waals surface area contributed by atoms with Crippen molar-refractivity contribution in [3.05, 3.63) is 71.8 Å². The number of benzene rings is 2. The van der Waals surface area contributed by atoms with Gasteiger partial charge in [-0.25, -0.2) is 0 Å². The van der Waals surface area contributed by atoms with Gasteiger partial charge in [0, 0.05) is 17.2 Å². The number of rotatable bonds is 3. The maximum atomic E-state index is 15.2. The molecule has 29 heavy (non-hydrogen) atoms. The van der Waals surface area contributed by atoms with Gasteiger partial charge in [-0.15, -0.1) is 0 Å². The molecule has 3 aliphatic rings. The first-order valence-corrected chi connectivity index (χ1v) is 13.0. The van der Waals surface area contributed by atoms with Crippen molar-refractivity contribution < 1.29 is 9.67 Å². The topological polar surface area (TPSA) is 37.3 Å². The van der Waals surface area contributed by atoms with Crippen LogP contribution in [0.5, 0.6) is 0 Å². The number of fused-ring (bicyclic) bond motifs is 2. The van der Waals surface area contributed by atoms with Crippen LogP contribution in [-0.2, 0) is 10.7 Å². The molecular weight excluding hydrogens is 375 g/mol. The highest BCUT2D eigenvalue weighted by molar-refractivity contribution is 7.65. The Bertz CT molecular complexity index is 965. The van der Waals surface area contributed by atoms with E-state index in [-0.39, 0.29) is 16.7 Å². The third-order valence-electron chi connectivity index (χ3n) is 9.08. The highest BCUT2D eigenvalue weighted by Gasteiger charge is 2.76. The summed E-state index contributed by atoms with van der Waals surface area (Å²) in [7, 11) is -2.81. The molecule has 2 aromatic carbocycles. The van der Waals surface area contributed by atoms with E-state index in [1.807, 2.05) is 43.3 Å². The lowest BCUT2D eigenvalue weighted by Crippen LogP contribution is -2.44. The molecule has 0 bridgehead atoms. The fourth-order valence-electron chi connectivity index (χ4n) is 7.36. The van der Waals surface area contributed by atoms with Crippen LogP contribution in [0.2, 0.25) is 0 Å². The zero-order valence-electron chi connectivity index (χ0n) is 18.0. The smallest absolute Gasteiger partial charge is 0.108 e. The Hall–Kier alpha value is -1.37. The Labute approximate surface area is 175 Å². The molecule has 0 radical (unpaired) electrons. The van der Waals surface area contributed by atoms with Crippen LogP contribution in [0.4, 0.5) is 0 Å². The first-order chi connectivity index (χ1) is 13.6. The second kappa shape index (κ2) is 6.08. The van der Waals surface area contributed by atoms with Gasteiger partial charge in [0.2, 0.25) is 0 Å². The molecule has 3 fully saturated rings. The molecule has 2 aliphatic carbocycles. The van der Waals surface area contributed by atoms with Crippen LogP contribution in [-0.4, -0.2) is 15.9 Å². The summed E-state index contributed by atoms with van der Waals surface area (Å²) in [6.07, 6.45) is 2.57. The lowest BCUT2D eigenvalue weighted by molar-refractivity contribution is -0.0195. The highest BCUT2D eigenvalue weighted by Crippen LogP contribution is 2.87. The fourth-order valence-corrected chi connectivity index (χ4v) is 12.3. The van der Waals surface area contributed by atoms with E-state index >= 15 is 4.57 Å².